The number of hydrogen-bond acceptors (Lipinski definition) is 4. The van der Waals surface area contributed by atoms with E-state index in [2.05, 4.69) is 41.7 Å². The fourth-order valence-electron chi connectivity index (χ4n) is 2.00. The van der Waals surface area contributed by atoms with Gasteiger partial charge in [0.05, 0.1) is 6.54 Å². The molecule has 0 aliphatic rings. The summed E-state index contributed by atoms with van der Waals surface area (Å²) in [6.07, 6.45) is 0. The van der Waals surface area contributed by atoms with Crippen LogP contribution in [-0.2, 0) is 5.60 Å². The summed E-state index contributed by atoms with van der Waals surface area (Å²) < 4.78 is 5.51. The van der Waals surface area contributed by atoms with Crippen LogP contribution in [0, 0.1) is 6.92 Å². The lowest BCUT2D eigenvalue weighted by atomic mass is 10.0. The third-order valence-corrected chi connectivity index (χ3v) is 3.23. The second kappa shape index (κ2) is 8.36. The van der Waals surface area contributed by atoms with Crippen molar-refractivity contribution in [2.24, 2.45) is 4.99 Å². The van der Waals surface area contributed by atoms with E-state index in [0.29, 0.717) is 11.7 Å². The van der Waals surface area contributed by atoms with Gasteiger partial charge in [0.15, 0.2) is 5.96 Å². The summed E-state index contributed by atoms with van der Waals surface area (Å²) in [5, 5.41) is 20.4. The van der Waals surface area contributed by atoms with E-state index in [4.69, 9.17) is 4.42 Å². The van der Waals surface area contributed by atoms with Crippen LogP contribution in [0.5, 0.6) is 0 Å². The average molecular weight is 324 g/mol. The highest BCUT2D eigenvalue weighted by atomic mass is 16.4. The second-order valence-corrected chi connectivity index (χ2v) is 6.98. The number of nitrogens with one attached hydrogen (secondary N) is 3. The Morgan fingerprint density at radius 3 is 2.39 bits per heavy atom. The Labute approximate surface area is 139 Å². The van der Waals surface area contributed by atoms with Crippen molar-refractivity contribution in [1.29, 1.82) is 0 Å². The lowest BCUT2D eigenvalue weighted by molar-refractivity contribution is 0.0428. The largest absolute Gasteiger partial charge is 0.463 e. The fraction of sp³-hybridized carbons (Fsp3) is 0.706. The van der Waals surface area contributed by atoms with Crippen LogP contribution in [0.2, 0.25) is 0 Å². The molecule has 0 aliphatic heterocycles. The molecule has 23 heavy (non-hydrogen) atoms. The Bertz CT molecular complexity index is 501. The maximum Gasteiger partial charge on any atom is 0.191 e. The van der Waals surface area contributed by atoms with E-state index in [-0.39, 0.29) is 12.1 Å². The van der Waals surface area contributed by atoms with Gasteiger partial charge in [-0.1, -0.05) is 0 Å². The molecular weight excluding hydrogens is 292 g/mol. The monoisotopic (exact) mass is 324 g/mol. The van der Waals surface area contributed by atoms with E-state index in [1.165, 1.54) is 0 Å². The Balaban J connectivity index is 2.57. The van der Waals surface area contributed by atoms with Crippen LogP contribution >= 0.6 is 0 Å². The Kier molecular flexibility index (Phi) is 7.09. The molecule has 0 saturated heterocycles. The molecular formula is C17H32N4O2. The molecule has 6 heteroatoms. The molecule has 1 aromatic heterocycles. The molecule has 1 aromatic rings. The van der Waals surface area contributed by atoms with Gasteiger partial charge in [-0.15, -0.1) is 0 Å². The SMILES string of the molecule is CCNC(=NCC(C)(O)c1ccc(C)o1)NCCNC(C)(C)C. The van der Waals surface area contributed by atoms with E-state index in [1.807, 2.05) is 19.9 Å². The van der Waals surface area contributed by atoms with Crippen molar-refractivity contribution in [3.05, 3.63) is 23.7 Å². The molecule has 0 saturated carbocycles. The number of aryl methyl sites for hydroxylation is 1. The summed E-state index contributed by atoms with van der Waals surface area (Å²) in [5.74, 6) is 2.00. The van der Waals surface area contributed by atoms with Crippen LogP contribution in [0.4, 0.5) is 0 Å². The van der Waals surface area contributed by atoms with E-state index in [9.17, 15) is 5.11 Å². The average Bonchev–Trinajstić information content (AvgIpc) is 2.87. The molecule has 0 aliphatic carbocycles. The lowest BCUT2D eigenvalue weighted by Crippen LogP contribution is -2.45. The third kappa shape index (κ3) is 7.52. The predicted molar refractivity (Wildman–Crippen MR) is 94.8 cm³/mol. The van der Waals surface area contributed by atoms with Gasteiger partial charge in [0.25, 0.3) is 0 Å². The summed E-state index contributed by atoms with van der Waals surface area (Å²) >= 11 is 0. The predicted octanol–water partition coefficient (Wildman–Crippen LogP) is 1.74. The van der Waals surface area contributed by atoms with Crippen LogP contribution in [0.15, 0.2) is 21.5 Å². The van der Waals surface area contributed by atoms with Gasteiger partial charge in [-0.2, -0.15) is 0 Å². The van der Waals surface area contributed by atoms with Crippen LogP contribution < -0.4 is 16.0 Å². The normalized spacial score (nSPS) is 15.3. The first kappa shape index (κ1) is 19.5. The number of aliphatic hydroxyl groups is 1. The van der Waals surface area contributed by atoms with Crippen molar-refractivity contribution in [3.8, 4) is 0 Å². The van der Waals surface area contributed by atoms with Gasteiger partial charge in [0.2, 0.25) is 0 Å². The highest BCUT2D eigenvalue weighted by Crippen LogP contribution is 2.22. The zero-order valence-electron chi connectivity index (χ0n) is 15.3. The minimum absolute atomic E-state index is 0.0952. The minimum Gasteiger partial charge on any atom is -0.463 e. The Hall–Kier alpha value is -1.53. The van der Waals surface area contributed by atoms with Gasteiger partial charge >= 0.3 is 0 Å². The molecule has 0 bridgehead atoms. The topological polar surface area (TPSA) is 81.8 Å². The minimum atomic E-state index is -1.12. The molecule has 4 N–H and O–H groups in total. The molecule has 0 radical (unpaired) electrons. The smallest absolute Gasteiger partial charge is 0.191 e. The van der Waals surface area contributed by atoms with Crippen molar-refractivity contribution >= 4 is 5.96 Å². The molecule has 1 unspecified atom stereocenters. The number of furan rings is 1. The van der Waals surface area contributed by atoms with E-state index >= 15 is 0 Å². The van der Waals surface area contributed by atoms with Gasteiger partial charge < -0.3 is 25.5 Å². The zero-order valence-corrected chi connectivity index (χ0v) is 15.3. The first-order chi connectivity index (χ1) is 10.6. The maximum atomic E-state index is 10.5. The summed E-state index contributed by atoms with van der Waals surface area (Å²) in [6, 6.07) is 3.63. The lowest BCUT2D eigenvalue weighted by Gasteiger charge is -2.22. The molecule has 6 nitrogen and oxygen atoms in total. The molecule has 0 amide bonds. The zero-order chi connectivity index (χ0) is 17.5. The number of hydrogen-bond donors (Lipinski definition) is 4. The number of rotatable bonds is 7. The first-order valence-electron chi connectivity index (χ1n) is 8.20. The summed E-state index contributed by atoms with van der Waals surface area (Å²) in [7, 11) is 0. The summed E-state index contributed by atoms with van der Waals surface area (Å²) in [5.41, 5.74) is -1.03. The van der Waals surface area contributed by atoms with Crippen molar-refractivity contribution in [1.82, 2.24) is 16.0 Å². The van der Waals surface area contributed by atoms with Crippen LogP contribution in [0.3, 0.4) is 0 Å². The van der Waals surface area contributed by atoms with Crippen molar-refractivity contribution in [3.63, 3.8) is 0 Å². The van der Waals surface area contributed by atoms with Gasteiger partial charge in [-0.25, -0.2) is 4.99 Å². The number of aliphatic imine (C=N–C) groups is 1. The van der Waals surface area contributed by atoms with Crippen molar-refractivity contribution < 1.29 is 9.52 Å². The Morgan fingerprint density at radius 1 is 1.17 bits per heavy atom. The van der Waals surface area contributed by atoms with E-state index in [0.717, 1.165) is 25.4 Å². The molecule has 0 spiro atoms. The van der Waals surface area contributed by atoms with E-state index < -0.39 is 5.60 Å². The standard InChI is InChI=1S/C17H32N4O2/c1-7-18-15(19-10-11-21-16(3,4)5)20-12-17(6,22)14-9-8-13(2)23-14/h8-9,21-22H,7,10-12H2,1-6H3,(H2,18,19,20). The second-order valence-electron chi connectivity index (χ2n) is 6.98. The summed E-state index contributed by atoms with van der Waals surface area (Å²) in [6.45, 7) is 14.6. The number of nitrogens with zero attached hydrogens (tertiary/aromatic N) is 1. The van der Waals surface area contributed by atoms with Gasteiger partial charge in [-0.05, 0) is 53.7 Å². The van der Waals surface area contributed by atoms with Gasteiger partial charge in [0, 0.05) is 25.2 Å². The molecule has 1 atom stereocenters. The fourth-order valence-corrected chi connectivity index (χ4v) is 2.00. The maximum absolute atomic E-state index is 10.5. The molecule has 0 aromatic carbocycles. The quantitative estimate of drug-likeness (QED) is 0.349. The van der Waals surface area contributed by atoms with Crippen LogP contribution in [0.1, 0.15) is 46.1 Å². The molecule has 1 rings (SSSR count). The van der Waals surface area contributed by atoms with E-state index in [1.54, 1.807) is 13.0 Å². The highest BCUT2D eigenvalue weighted by molar-refractivity contribution is 5.79. The van der Waals surface area contributed by atoms with Crippen LogP contribution in [-0.4, -0.2) is 42.8 Å². The van der Waals surface area contributed by atoms with Crippen molar-refractivity contribution in [2.45, 2.75) is 52.7 Å². The first-order valence-corrected chi connectivity index (χ1v) is 8.20. The number of guanidine groups is 1. The molecule has 0 fully saturated rings. The van der Waals surface area contributed by atoms with Gasteiger partial charge in [-0.3, -0.25) is 0 Å². The van der Waals surface area contributed by atoms with Crippen molar-refractivity contribution in [2.75, 3.05) is 26.2 Å². The third-order valence-electron chi connectivity index (χ3n) is 3.23. The highest BCUT2D eigenvalue weighted by Gasteiger charge is 2.26. The summed E-state index contributed by atoms with van der Waals surface area (Å²) in [4.78, 5) is 4.46. The van der Waals surface area contributed by atoms with Gasteiger partial charge in [0.1, 0.15) is 17.1 Å². The molecule has 132 valence electrons. The molecule has 1 heterocycles. The van der Waals surface area contributed by atoms with Crippen LogP contribution in [0.25, 0.3) is 0 Å². The Morgan fingerprint density at radius 2 is 1.87 bits per heavy atom.